The number of carbonyl (C=O) groups is 2. The smallest absolute Gasteiger partial charge is 0.315 e. The molecule has 6 heteroatoms. The average Bonchev–Trinajstić information content (AvgIpc) is 3.15. The molecule has 5 nitrogen and oxygen atoms in total. The van der Waals surface area contributed by atoms with E-state index in [9.17, 15) is 9.59 Å². The summed E-state index contributed by atoms with van der Waals surface area (Å²) in [6, 6.07) is 16.7. The van der Waals surface area contributed by atoms with Crippen LogP contribution >= 0.6 is 11.6 Å². The predicted octanol–water partition coefficient (Wildman–Crippen LogP) is 3.77. The fourth-order valence-corrected chi connectivity index (χ4v) is 3.64. The van der Waals surface area contributed by atoms with E-state index in [0.717, 1.165) is 24.0 Å². The first-order valence-electron chi connectivity index (χ1n) is 9.20. The Morgan fingerprint density at radius 1 is 0.889 bits per heavy atom. The molecule has 142 valence electrons. The van der Waals surface area contributed by atoms with Gasteiger partial charge >= 0.3 is 6.03 Å². The lowest BCUT2D eigenvalue weighted by atomic mass is 9.96. The summed E-state index contributed by atoms with van der Waals surface area (Å²) >= 11 is 5.99. The molecule has 0 aliphatic heterocycles. The van der Waals surface area contributed by atoms with Gasteiger partial charge in [-0.15, -0.1) is 0 Å². The third kappa shape index (κ3) is 5.23. The number of hydrogen-bond donors (Lipinski definition) is 3. The molecular formula is C21H24ClN3O2. The van der Waals surface area contributed by atoms with Crippen LogP contribution in [0.15, 0.2) is 54.6 Å². The van der Waals surface area contributed by atoms with E-state index in [2.05, 4.69) is 16.0 Å². The van der Waals surface area contributed by atoms with Crippen LogP contribution in [0.1, 0.15) is 36.8 Å². The van der Waals surface area contributed by atoms with Gasteiger partial charge < -0.3 is 16.0 Å². The number of hydrogen-bond acceptors (Lipinski definition) is 2. The summed E-state index contributed by atoms with van der Waals surface area (Å²) < 4.78 is 0. The van der Waals surface area contributed by atoms with Gasteiger partial charge in [0.05, 0.1) is 0 Å². The van der Waals surface area contributed by atoms with Gasteiger partial charge in [0.1, 0.15) is 5.54 Å². The van der Waals surface area contributed by atoms with E-state index >= 15 is 0 Å². The highest BCUT2D eigenvalue weighted by molar-refractivity contribution is 6.30. The first kappa shape index (κ1) is 19.2. The van der Waals surface area contributed by atoms with E-state index in [1.54, 1.807) is 6.07 Å². The maximum Gasteiger partial charge on any atom is 0.315 e. The van der Waals surface area contributed by atoms with Gasteiger partial charge in [0.2, 0.25) is 5.91 Å². The van der Waals surface area contributed by atoms with Crippen molar-refractivity contribution in [1.29, 1.82) is 0 Å². The first-order chi connectivity index (χ1) is 13.1. The zero-order valence-electron chi connectivity index (χ0n) is 15.1. The molecule has 1 saturated carbocycles. The molecule has 3 N–H and O–H groups in total. The summed E-state index contributed by atoms with van der Waals surface area (Å²) in [5.41, 5.74) is 1.09. The monoisotopic (exact) mass is 385 g/mol. The van der Waals surface area contributed by atoms with Crippen LogP contribution in [0.5, 0.6) is 0 Å². The molecule has 0 atom stereocenters. The van der Waals surface area contributed by atoms with Crippen LogP contribution in [-0.4, -0.2) is 17.5 Å². The standard InChI is InChI=1S/C21H24ClN3O2/c22-18-10-6-9-17(13-18)15-23-19(26)21(11-4-5-12-21)25-20(27)24-14-16-7-2-1-3-8-16/h1-3,6-10,13H,4-5,11-12,14-15H2,(H,23,26)(H2,24,25,27). The number of nitrogens with one attached hydrogen (secondary N) is 3. The highest BCUT2D eigenvalue weighted by Gasteiger charge is 2.42. The summed E-state index contributed by atoms with van der Waals surface area (Å²) in [5.74, 6) is -0.144. The molecule has 0 bridgehead atoms. The number of amides is 3. The number of urea groups is 1. The van der Waals surface area contributed by atoms with Crippen LogP contribution in [0.4, 0.5) is 4.79 Å². The Bertz CT molecular complexity index is 789. The minimum atomic E-state index is -0.848. The van der Waals surface area contributed by atoms with Gasteiger partial charge in [-0.05, 0) is 36.1 Å². The molecule has 27 heavy (non-hydrogen) atoms. The minimum Gasteiger partial charge on any atom is -0.350 e. The quantitative estimate of drug-likeness (QED) is 0.708. The number of benzene rings is 2. The summed E-state index contributed by atoms with van der Waals surface area (Å²) in [4.78, 5) is 25.2. The number of rotatable bonds is 6. The Balaban J connectivity index is 1.57. The van der Waals surface area contributed by atoms with Gasteiger partial charge in [0, 0.05) is 18.1 Å². The highest BCUT2D eigenvalue weighted by Crippen LogP contribution is 2.30. The van der Waals surface area contributed by atoms with E-state index in [1.807, 2.05) is 48.5 Å². The second-order valence-corrected chi connectivity index (χ2v) is 7.33. The third-order valence-corrected chi connectivity index (χ3v) is 5.12. The fourth-order valence-electron chi connectivity index (χ4n) is 3.43. The van der Waals surface area contributed by atoms with E-state index in [1.165, 1.54) is 0 Å². The van der Waals surface area contributed by atoms with Crippen molar-refractivity contribution in [2.75, 3.05) is 0 Å². The normalized spacial score (nSPS) is 15.1. The molecule has 0 spiro atoms. The SMILES string of the molecule is O=C(NCc1ccccc1)NC1(C(=O)NCc2cccc(Cl)c2)CCCC1. The van der Waals surface area contributed by atoms with Crippen molar-refractivity contribution in [3.05, 3.63) is 70.7 Å². The molecule has 2 aromatic rings. The van der Waals surface area contributed by atoms with Gasteiger partial charge in [-0.1, -0.05) is 66.9 Å². The molecule has 0 unspecified atom stereocenters. The Labute approximate surface area is 164 Å². The first-order valence-corrected chi connectivity index (χ1v) is 9.58. The zero-order chi connectivity index (χ0) is 19.1. The van der Waals surface area contributed by atoms with E-state index in [4.69, 9.17) is 11.6 Å². The largest absolute Gasteiger partial charge is 0.350 e. The van der Waals surface area contributed by atoms with Crippen LogP contribution in [0, 0.1) is 0 Å². The second-order valence-electron chi connectivity index (χ2n) is 6.90. The molecule has 0 heterocycles. The molecule has 1 aliphatic carbocycles. The Hall–Kier alpha value is -2.53. The van der Waals surface area contributed by atoms with Crippen molar-refractivity contribution in [1.82, 2.24) is 16.0 Å². The molecule has 1 aliphatic rings. The molecule has 2 aromatic carbocycles. The Morgan fingerprint density at radius 2 is 1.56 bits per heavy atom. The summed E-state index contributed by atoms with van der Waals surface area (Å²) in [6.45, 7) is 0.807. The molecular weight excluding hydrogens is 362 g/mol. The van der Waals surface area contributed by atoms with Crippen molar-refractivity contribution in [3.8, 4) is 0 Å². The van der Waals surface area contributed by atoms with Gasteiger partial charge in [-0.3, -0.25) is 4.79 Å². The Kier molecular flexibility index (Phi) is 6.35. The fraction of sp³-hybridized carbons (Fsp3) is 0.333. The van der Waals surface area contributed by atoms with E-state index < -0.39 is 5.54 Å². The molecule has 0 saturated heterocycles. The third-order valence-electron chi connectivity index (χ3n) is 4.88. The number of carbonyl (C=O) groups excluding carboxylic acids is 2. The minimum absolute atomic E-state index is 0.144. The maximum atomic E-state index is 12.8. The lowest BCUT2D eigenvalue weighted by Crippen LogP contribution is -2.59. The topological polar surface area (TPSA) is 70.2 Å². The average molecular weight is 386 g/mol. The van der Waals surface area contributed by atoms with E-state index in [-0.39, 0.29) is 11.9 Å². The van der Waals surface area contributed by atoms with Crippen LogP contribution in [0.3, 0.4) is 0 Å². The summed E-state index contributed by atoms with van der Waals surface area (Å²) in [7, 11) is 0. The van der Waals surface area contributed by atoms with Gasteiger partial charge in [-0.2, -0.15) is 0 Å². The lowest BCUT2D eigenvalue weighted by Gasteiger charge is -2.29. The van der Waals surface area contributed by atoms with Crippen LogP contribution in [0.25, 0.3) is 0 Å². The van der Waals surface area contributed by atoms with Gasteiger partial charge in [-0.25, -0.2) is 4.79 Å². The molecule has 1 fully saturated rings. The molecule has 3 rings (SSSR count). The predicted molar refractivity (Wildman–Crippen MR) is 106 cm³/mol. The van der Waals surface area contributed by atoms with Crippen molar-refractivity contribution in [2.24, 2.45) is 0 Å². The van der Waals surface area contributed by atoms with Crippen LogP contribution in [0.2, 0.25) is 5.02 Å². The molecule has 0 radical (unpaired) electrons. The zero-order valence-corrected chi connectivity index (χ0v) is 15.9. The van der Waals surface area contributed by atoms with Crippen molar-refractivity contribution in [3.63, 3.8) is 0 Å². The van der Waals surface area contributed by atoms with Crippen molar-refractivity contribution in [2.45, 2.75) is 44.3 Å². The van der Waals surface area contributed by atoms with Crippen molar-refractivity contribution >= 4 is 23.5 Å². The second kappa shape index (κ2) is 8.91. The van der Waals surface area contributed by atoms with Crippen molar-refractivity contribution < 1.29 is 9.59 Å². The van der Waals surface area contributed by atoms with Gasteiger partial charge in [0.15, 0.2) is 0 Å². The molecule has 0 aromatic heterocycles. The van der Waals surface area contributed by atoms with Crippen LogP contribution in [-0.2, 0) is 17.9 Å². The highest BCUT2D eigenvalue weighted by atomic mass is 35.5. The van der Waals surface area contributed by atoms with E-state index in [0.29, 0.717) is 31.0 Å². The summed E-state index contributed by atoms with van der Waals surface area (Å²) in [5, 5.41) is 9.34. The van der Waals surface area contributed by atoms with Gasteiger partial charge in [0.25, 0.3) is 0 Å². The molecule has 3 amide bonds. The lowest BCUT2D eigenvalue weighted by molar-refractivity contribution is -0.127. The number of halogens is 1. The van der Waals surface area contributed by atoms with Crippen LogP contribution < -0.4 is 16.0 Å². The maximum absolute atomic E-state index is 12.8. The Morgan fingerprint density at radius 3 is 2.26 bits per heavy atom. The summed E-state index contributed by atoms with van der Waals surface area (Å²) in [6.07, 6.45) is 3.13.